The van der Waals surface area contributed by atoms with E-state index >= 15 is 0 Å². The van der Waals surface area contributed by atoms with Crippen LogP contribution in [0, 0.1) is 0 Å². The fraction of sp³-hybridized carbons (Fsp3) is 0.0714. The standard InChI is InChI=1S/C14H11BrN2O3S/c15-9-3-5-10(6-4-9)21-8-12(18)17-11-2-1-7-16-13(11)14(19)20/h1-7H,8H2,(H,17,18)(H,19,20). The molecule has 1 aromatic carbocycles. The molecule has 0 saturated heterocycles. The van der Waals surface area contributed by atoms with Crippen molar-refractivity contribution in [3.63, 3.8) is 0 Å². The highest BCUT2D eigenvalue weighted by molar-refractivity contribution is 9.10. The number of pyridine rings is 1. The van der Waals surface area contributed by atoms with Gasteiger partial charge in [0.1, 0.15) is 0 Å². The topological polar surface area (TPSA) is 79.3 Å². The molecule has 0 aliphatic carbocycles. The predicted molar refractivity (Wildman–Crippen MR) is 84.7 cm³/mol. The Balaban J connectivity index is 1.96. The summed E-state index contributed by atoms with van der Waals surface area (Å²) in [6.45, 7) is 0. The zero-order valence-corrected chi connectivity index (χ0v) is 13.1. The molecule has 0 radical (unpaired) electrons. The molecule has 0 aliphatic rings. The molecule has 2 N–H and O–H groups in total. The predicted octanol–water partition coefficient (Wildman–Crippen LogP) is 3.27. The summed E-state index contributed by atoms with van der Waals surface area (Å²) >= 11 is 4.71. The number of nitrogens with zero attached hydrogens (tertiary/aromatic N) is 1. The Bertz CT molecular complexity index is 662. The van der Waals surface area contributed by atoms with Gasteiger partial charge in [0.15, 0.2) is 5.69 Å². The van der Waals surface area contributed by atoms with Crippen molar-refractivity contribution in [2.24, 2.45) is 0 Å². The van der Waals surface area contributed by atoms with Crippen LogP contribution < -0.4 is 5.32 Å². The SMILES string of the molecule is O=C(CSc1ccc(Br)cc1)Nc1cccnc1C(=O)O. The van der Waals surface area contributed by atoms with E-state index in [-0.39, 0.29) is 23.0 Å². The summed E-state index contributed by atoms with van der Waals surface area (Å²) in [5, 5.41) is 11.6. The molecular formula is C14H11BrN2O3S. The molecule has 5 nitrogen and oxygen atoms in total. The number of thioether (sulfide) groups is 1. The Hall–Kier alpha value is -1.86. The Morgan fingerprint density at radius 3 is 2.62 bits per heavy atom. The fourth-order valence-corrected chi connectivity index (χ4v) is 2.51. The zero-order valence-electron chi connectivity index (χ0n) is 10.7. The number of anilines is 1. The van der Waals surface area contributed by atoms with Crippen molar-refractivity contribution < 1.29 is 14.7 Å². The van der Waals surface area contributed by atoms with Crippen LogP contribution in [-0.4, -0.2) is 27.7 Å². The molecule has 0 spiro atoms. The van der Waals surface area contributed by atoms with Gasteiger partial charge in [0.05, 0.1) is 11.4 Å². The molecule has 0 atom stereocenters. The van der Waals surface area contributed by atoms with Crippen LogP contribution in [0.15, 0.2) is 52.0 Å². The van der Waals surface area contributed by atoms with Crippen LogP contribution >= 0.6 is 27.7 Å². The number of carboxylic acids is 1. The number of carboxylic acid groups (broad SMARTS) is 1. The molecule has 1 aromatic heterocycles. The molecule has 0 unspecified atom stereocenters. The first kappa shape index (κ1) is 15.5. The minimum atomic E-state index is -1.17. The molecule has 108 valence electrons. The molecule has 7 heteroatoms. The van der Waals surface area contributed by atoms with Crippen molar-refractivity contribution in [1.82, 2.24) is 4.98 Å². The summed E-state index contributed by atoms with van der Waals surface area (Å²) < 4.78 is 0.970. The van der Waals surface area contributed by atoms with E-state index in [1.807, 2.05) is 24.3 Å². The zero-order chi connectivity index (χ0) is 15.2. The minimum Gasteiger partial charge on any atom is -0.476 e. The molecule has 21 heavy (non-hydrogen) atoms. The first-order chi connectivity index (χ1) is 10.1. The summed E-state index contributed by atoms with van der Waals surface area (Å²) in [4.78, 5) is 27.5. The molecule has 0 fully saturated rings. The maximum Gasteiger partial charge on any atom is 0.356 e. The second kappa shape index (κ2) is 7.24. The van der Waals surface area contributed by atoms with Gasteiger partial charge in [0.25, 0.3) is 0 Å². The van der Waals surface area contributed by atoms with Crippen LogP contribution in [-0.2, 0) is 4.79 Å². The van der Waals surface area contributed by atoms with Crippen molar-refractivity contribution in [2.75, 3.05) is 11.1 Å². The number of halogens is 1. The number of hydrogen-bond donors (Lipinski definition) is 2. The lowest BCUT2D eigenvalue weighted by atomic mass is 10.3. The molecular weight excluding hydrogens is 356 g/mol. The molecule has 1 amide bonds. The van der Waals surface area contributed by atoms with E-state index in [0.717, 1.165) is 9.37 Å². The fourth-order valence-electron chi connectivity index (χ4n) is 1.54. The second-order valence-electron chi connectivity index (χ2n) is 4.00. The lowest BCUT2D eigenvalue weighted by Gasteiger charge is -2.07. The summed E-state index contributed by atoms with van der Waals surface area (Å²) in [6, 6.07) is 10.7. The highest BCUT2D eigenvalue weighted by atomic mass is 79.9. The lowest BCUT2D eigenvalue weighted by molar-refractivity contribution is -0.113. The van der Waals surface area contributed by atoms with Gasteiger partial charge in [0, 0.05) is 15.6 Å². The smallest absolute Gasteiger partial charge is 0.356 e. The van der Waals surface area contributed by atoms with Crippen molar-refractivity contribution in [2.45, 2.75) is 4.90 Å². The first-order valence-electron chi connectivity index (χ1n) is 5.93. The van der Waals surface area contributed by atoms with Gasteiger partial charge in [-0.2, -0.15) is 0 Å². The highest BCUT2D eigenvalue weighted by Crippen LogP contribution is 2.21. The van der Waals surface area contributed by atoms with Crippen molar-refractivity contribution in [3.05, 3.63) is 52.8 Å². The number of rotatable bonds is 5. The molecule has 1 heterocycles. The van der Waals surface area contributed by atoms with Crippen molar-refractivity contribution >= 4 is 45.3 Å². The van der Waals surface area contributed by atoms with Crippen LogP contribution in [0.1, 0.15) is 10.5 Å². The third-order valence-electron chi connectivity index (χ3n) is 2.47. The lowest BCUT2D eigenvalue weighted by Crippen LogP contribution is -2.17. The normalized spacial score (nSPS) is 10.1. The highest BCUT2D eigenvalue weighted by Gasteiger charge is 2.13. The quantitative estimate of drug-likeness (QED) is 0.793. The van der Waals surface area contributed by atoms with Gasteiger partial charge >= 0.3 is 5.97 Å². The third kappa shape index (κ3) is 4.57. The monoisotopic (exact) mass is 366 g/mol. The Kier molecular flexibility index (Phi) is 5.35. The van der Waals surface area contributed by atoms with E-state index in [2.05, 4.69) is 26.2 Å². The van der Waals surface area contributed by atoms with E-state index in [0.29, 0.717) is 0 Å². The van der Waals surface area contributed by atoms with E-state index in [1.54, 1.807) is 6.07 Å². The van der Waals surface area contributed by atoms with E-state index in [9.17, 15) is 9.59 Å². The number of amides is 1. The van der Waals surface area contributed by atoms with Gasteiger partial charge < -0.3 is 10.4 Å². The van der Waals surface area contributed by atoms with Gasteiger partial charge in [-0.15, -0.1) is 11.8 Å². The van der Waals surface area contributed by atoms with Gasteiger partial charge in [-0.05, 0) is 36.4 Å². The summed E-state index contributed by atoms with van der Waals surface area (Å²) in [5.41, 5.74) is 0.0332. The Morgan fingerprint density at radius 2 is 1.95 bits per heavy atom. The summed E-state index contributed by atoms with van der Waals surface area (Å²) in [6.07, 6.45) is 1.37. The minimum absolute atomic E-state index is 0.167. The van der Waals surface area contributed by atoms with Crippen LogP contribution in [0.2, 0.25) is 0 Å². The maximum absolute atomic E-state index is 11.9. The summed E-state index contributed by atoms with van der Waals surface area (Å²) in [7, 11) is 0. The Morgan fingerprint density at radius 1 is 1.24 bits per heavy atom. The number of aromatic nitrogens is 1. The van der Waals surface area contributed by atoms with Gasteiger partial charge in [0.2, 0.25) is 5.91 Å². The van der Waals surface area contributed by atoms with E-state index in [1.165, 1.54) is 24.0 Å². The number of benzene rings is 1. The third-order valence-corrected chi connectivity index (χ3v) is 4.01. The van der Waals surface area contributed by atoms with Crippen LogP contribution in [0.5, 0.6) is 0 Å². The van der Waals surface area contributed by atoms with Crippen LogP contribution in [0.25, 0.3) is 0 Å². The van der Waals surface area contributed by atoms with E-state index < -0.39 is 5.97 Å². The largest absolute Gasteiger partial charge is 0.476 e. The number of nitrogens with one attached hydrogen (secondary N) is 1. The number of hydrogen-bond acceptors (Lipinski definition) is 4. The first-order valence-corrected chi connectivity index (χ1v) is 7.70. The molecule has 2 rings (SSSR count). The summed E-state index contributed by atoms with van der Waals surface area (Å²) in [5.74, 6) is -1.26. The average molecular weight is 367 g/mol. The molecule has 0 aliphatic heterocycles. The average Bonchev–Trinajstić information content (AvgIpc) is 2.47. The van der Waals surface area contributed by atoms with Crippen molar-refractivity contribution in [3.8, 4) is 0 Å². The second-order valence-corrected chi connectivity index (χ2v) is 5.96. The molecule has 2 aromatic rings. The maximum atomic E-state index is 11.9. The number of carbonyl (C=O) groups is 2. The van der Waals surface area contributed by atoms with Gasteiger partial charge in [-0.1, -0.05) is 15.9 Å². The van der Waals surface area contributed by atoms with Crippen molar-refractivity contribution in [1.29, 1.82) is 0 Å². The molecule has 0 bridgehead atoms. The molecule has 0 saturated carbocycles. The number of carbonyl (C=O) groups excluding carboxylic acids is 1. The Labute approximate surface area is 133 Å². The van der Waals surface area contributed by atoms with Crippen LogP contribution in [0.3, 0.4) is 0 Å². The van der Waals surface area contributed by atoms with Crippen LogP contribution in [0.4, 0.5) is 5.69 Å². The van der Waals surface area contributed by atoms with Gasteiger partial charge in [-0.25, -0.2) is 9.78 Å². The van der Waals surface area contributed by atoms with Gasteiger partial charge in [-0.3, -0.25) is 4.79 Å². The van der Waals surface area contributed by atoms with E-state index in [4.69, 9.17) is 5.11 Å². The number of aromatic carboxylic acids is 1.